The third-order valence-electron chi connectivity index (χ3n) is 1.47. The van der Waals surface area contributed by atoms with Crippen molar-refractivity contribution in [2.24, 2.45) is 0 Å². The van der Waals surface area contributed by atoms with Gasteiger partial charge in [-0.1, -0.05) is 0 Å². The highest BCUT2D eigenvalue weighted by Crippen LogP contribution is 2.03. The van der Waals surface area contributed by atoms with Gasteiger partial charge in [0, 0.05) is 6.92 Å². The smallest absolute Gasteiger partial charge is 0.354 e. The van der Waals surface area contributed by atoms with Crippen molar-refractivity contribution in [1.82, 2.24) is 4.98 Å². The Bertz CT molecular complexity index is 314. The number of aromatic amines is 1. The summed E-state index contributed by atoms with van der Waals surface area (Å²) in [7, 11) is 1.29. The number of ether oxygens (including phenoxy) is 1. The monoisotopic (exact) mass is 167 g/mol. The van der Waals surface area contributed by atoms with Crippen LogP contribution in [-0.4, -0.2) is 23.8 Å². The van der Waals surface area contributed by atoms with Gasteiger partial charge in [0.15, 0.2) is 5.78 Å². The SMILES string of the molecule is COC(=O)c1ccc(C(C)=O)[nH]1. The number of aromatic nitrogens is 1. The van der Waals surface area contributed by atoms with E-state index in [2.05, 4.69) is 9.72 Å². The lowest BCUT2D eigenvalue weighted by Gasteiger charge is -1.93. The number of Topliss-reactive ketones (excluding diaryl/α,β-unsaturated/α-hetero) is 1. The van der Waals surface area contributed by atoms with Crippen molar-refractivity contribution in [2.75, 3.05) is 7.11 Å². The molecule has 0 fully saturated rings. The standard InChI is InChI=1S/C8H9NO3/c1-5(10)6-3-4-7(9-6)8(11)12-2/h3-4,9H,1-2H3. The molecule has 0 aromatic carbocycles. The molecule has 4 heteroatoms. The fraction of sp³-hybridized carbons (Fsp3) is 0.250. The molecular weight excluding hydrogens is 158 g/mol. The molecule has 0 saturated heterocycles. The van der Waals surface area contributed by atoms with Gasteiger partial charge in [-0.25, -0.2) is 4.79 Å². The number of ketones is 1. The Balaban J connectivity index is 2.91. The Kier molecular flexibility index (Phi) is 2.28. The maximum Gasteiger partial charge on any atom is 0.354 e. The van der Waals surface area contributed by atoms with E-state index in [9.17, 15) is 9.59 Å². The van der Waals surface area contributed by atoms with Crippen molar-refractivity contribution in [2.45, 2.75) is 6.92 Å². The van der Waals surface area contributed by atoms with Crippen LogP contribution in [0.2, 0.25) is 0 Å². The van der Waals surface area contributed by atoms with Crippen LogP contribution in [0.3, 0.4) is 0 Å². The summed E-state index contributed by atoms with van der Waals surface area (Å²) < 4.78 is 4.45. The minimum Gasteiger partial charge on any atom is -0.464 e. The van der Waals surface area contributed by atoms with E-state index in [4.69, 9.17) is 0 Å². The minimum absolute atomic E-state index is 0.106. The van der Waals surface area contributed by atoms with Gasteiger partial charge in [0.2, 0.25) is 0 Å². The van der Waals surface area contributed by atoms with Gasteiger partial charge in [0.05, 0.1) is 12.8 Å². The lowest BCUT2D eigenvalue weighted by Crippen LogP contribution is -2.02. The molecule has 0 aliphatic heterocycles. The van der Waals surface area contributed by atoms with E-state index in [0.29, 0.717) is 11.4 Å². The number of hydrogen-bond acceptors (Lipinski definition) is 3. The summed E-state index contributed by atoms with van der Waals surface area (Å²) in [5.74, 6) is -0.576. The molecule has 0 radical (unpaired) electrons. The number of esters is 1. The van der Waals surface area contributed by atoms with Crippen LogP contribution in [0.25, 0.3) is 0 Å². The molecule has 1 rings (SSSR count). The topological polar surface area (TPSA) is 59.2 Å². The van der Waals surface area contributed by atoms with Gasteiger partial charge in [-0.15, -0.1) is 0 Å². The second-order valence-corrected chi connectivity index (χ2v) is 2.33. The molecular formula is C8H9NO3. The number of hydrogen-bond donors (Lipinski definition) is 1. The quantitative estimate of drug-likeness (QED) is 0.528. The first kappa shape index (κ1) is 8.52. The number of nitrogens with one attached hydrogen (secondary N) is 1. The Morgan fingerprint density at radius 1 is 1.33 bits per heavy atom. The molecule has 1 aromatic heterocycles. The Labute approximate surface area is 69.5 Å². The molecule has 0 saturated carbocycles. The Hall–Kier alpha value is -1.58. The fourth-order valence-corrected chi connectivity index (χ4v) is 0.829. The summed E-state index contributed by atoms with van der Waals surface area (Å²) in [4.78, 5) is 24.3. The van der Waals surface area contributed by atoms with Gasteiger partial charge in [0.25, 0.3) is 0 Å². The molecule has 0 bridgehead atoms. The zero-order chi connectivity index (χ0) is 9.14. The van der Waals surface area contributed by atoms with Gasteiger partial charge in [-0.2, -0.15) is 0 Å². The molecule has 1 aromatic rings. The molecule has 4 nitrogen and oxygen atoms in total. The molecule has 0 amide bonds. The second-order valence-electron chi connectivity index (χ2n) is 2.33. The van der Waals surface area contributed by atoms with Crippen LogP contribution >= 0.6 is 0 Å². The number of rotatable bonds is 2. The molecule has 64 valence electrons. The van der Waals surface area contributed by atoms with Crippen molar-refractivity contribution in [3.05, 3.63) is 23.5 Å². The van der Waals surface area contributed by atoms with Crippen molar-refractivity contribution in [1.29, 1.82) is 0 Å². The Morgan fingerprint density at radius 2 is 1.92 bits per heavy atom. The van der Waals surface area contributed by atoms with Gasteiger partial charge in [0.1, 0.15) is 5.69 Å². The highest BCUT2D eigenvalue weighted by Gasteiger charge is 2.09. The molecule has 12 heavy (non-hydrogen) atoms. The molecule has 1 N–H and O–H groups in total. The second kappa shape index (κ2) is 3.21. The van der Waals surface area contributed by atoms with Gasteiger partial charge < -0.3 is 9.72 Å². The molecule has 0 unspecified atom stereocenters. The maximum absolute atomic E-state index is 10.9. The molecule has 0 spiro atoms. The predicted molar refractivity (Wildman–Crippen MR) is 42.1 cm³/mol. The molecule has 0 atom stereocenters. The zero-order valence-electron chi connectivity index (χ0n) is 6.88. The number of H-pyrrole nitrogens is 1. The molecule has 0 aliphatic rings. The van der Waals surface area contributed by atoms with Crippen molar-refractivity contribution in [3.63, 3.8) is 0 Å². The molecule has 1 heterocycles. The van der Waals surface area contributed by atoms with Crippen LogP contribution in [0.5, 0.6) is 0 Å². The summed E-state index contributed by atoms with van der Waals surface area (Å²) in [5.41, 5.74) is 0.707. The zero-order valence-corrected chi connectivity index (χ0v) is 6.88. The van der Waals surface area contributed by atoms with Gasteiger partial charge >= 0.3 is 5.97 Å². The number of carbonyl (C=O) groups is 2. The van der Waals surface area contributed by atoms with E-state index in [1.807, 2.05) is 0 Å². The van der Waals surface area contributed by atoms with Crippen LogP contribution in [0, 0.1) is 0 Å². The highest BCUT2D eigenvalue weighted by atomic mass is 16.5. The first-order valence-electron chi connectivity index (χ1n) is 3.43. The van der Waals surface area contributed by atoms with E-state index in [-0.39, 0.29) is 5.78 Å². The summed E-state index contributed by atoms with van der Waals surface area (Å²) in [6.45, 7) is 1.42. The number of methoxy groups -OCH3 is 1. The summed E-state index contributed by atoms with van der Waals surface area (Å²) >= 11 is 0. The Morgan fingerprint density at radius 3 is 2.33 bits per heavy atom. The van der Waals surface area contributed by atoms with E-state index in [1.54, 1.807) is 6.07 Å². The van der Waals surface area contributed by atoms with Crippen molar-refractivity contribution < 1.29 is 14.3 Å². The third-order valence-corrected chi connectivity index (χ3v) is 1.47. The maximum atomic E-state index is 10.9. The summed E-state index contributed by atoms with van der Waals surface area (Å²) in [6, 6.07) is 3.07. The first-order chi connectivity index (χ1) is 5.65. The minimum atomic E-state index is -0.470. The van der Waals surface area contributed by atoms with Crippen LogP contribution in [0.15, 0.2) is 12.1 Å². The largest absolute Gasteiger partial charge is 0.464 e. The fourth-order valence-electron chi connectivity index (χ4n) is 0.829. The average Bonchev–Trinajstić information content (AvgIpc) is 2.51. The number of carbonyl (C=O) groups excluding carboxylic acids is 2. The van der Waals surface area contributed by atoms with Crippen molar-refractivity contribution in [3.8, 4) is 0 Å². The third kappa shape index (κ3) is 1.53. The van der Waals surface area contributed by atoms with Crippen LogP contribution in [-0.2, 0) is 4.74 Å². The average molecular weight is 167 g/mol. The lowest BCUT2D eigenvalue weighted by molar-refractivity contribution is 0.0595. The summed E-state index contributed by atoms with van der Waals surface area (Å²) in [6.07, 6.45) is 0. The van der Waals surface area contributed by atoms with Crippen LogP contribution < -0.4 is 0 Å². The van der Waals surface area contributed by atoms with E-state index in [1.165, 1.54) is 20.1 Å². The van der Waals surface area contributed by atoms with Crippen LogP contribution in [0.4, 0.5) is 0 Å². The molecule has 0 aliphatic carbocycles. The van der Waals surface area contributed by atoms with Gasteiger partial charge in [-0.05, 0) is 12.1 Å². The summed E-state index contributed by atoms with van der Waals surface area (Å²) in [5, 5.41) is 0. The van der Waals surface area contributed by atoms with Crippen molar-refractivity contribution >= 4 is 11.8 Å². The van der Waals surface area contributed by atoms with E-state index < -0.39 is 5.97 Å². The normalized spacial score (nSPS) is 9.50. The predicted octanol–water partition coefficient (Wildman–Crippen LogP) is 1.00. The lowest BCUT2D eigenvalue weighted by atomic mass is 10.3. The first-order valence-corrected chi connectivity index (χ1v) is 3.43. The van der Waals surface area contributed by atoms with Crippen LogP contribution in [0.1, 0.15) is 27.9 Å². The van der Waals surface area contributed by atoms with Gasteiger partial charge in [-0.3, -0.25) is 4.79 Å². The van der Waals surface area contributed by atoms with E-state index >= 15 is 0 Å². The van der Waals surface area contributed by atoms with E-state index in [0.717, 1.165) is 0 Å². The highest BCUT2D eigenvalue weighted by molar-refractivity contribution is 5.95.